The zero-order valence-corrected chi connectivity index (χ0v) is 12.8. The molecular formula is C17H10N2O5. The molecule has 1 aromatic carbocycles. The maximum atomic E-state index is 12.3. The minimum Gasteiger partial charge on any atom is -0.465 e. The molecule has 0 unspecified atom stereocenters. The van der Waals surface area contributed by atoms with Crippen molar-refractivity contribution in [1.29, 1.82) is 10.5 Å². The predicted molar refractivity (Wildman–Crippen MR) is 80.7 cm³/mol. The number of rotatable bonds is 2. The van der Waals surface area contributed by atoms with Gasteiger partial charge in [0.15, 0.2) is 5.78 Å². The van der Waals surface area contributed by atoms with E-state index in [2.05, 4.69) is 16.1 Å². The molecule has 0 saturated carbocycles. The molecule has 2 rings (SSSR count). The molecule has 0 atom stereocenters. The van der Waals surface area contributed by atoms with E-state index in [1.807, 2.05) is 0 Å². The third kappa shape index (κ3) is 2.34. The molecule has 0 aromatic heterocycles. The first-order valence-electron chi connectivity index (χ1n) is 6.54. The highest BCUT2D eigenvalue weighted by atomic mass is 16.5. The highest BCUT2D eigenvalue weighted by Crippen LogP contribution is 2.39. The number of benzene rings is 1. The SMILES string of the molecule is C=C1C(=O)c2cc(C(=O)OC)c(C(=O)OC)cc2C1=C(C#N)C#N. The van der Waals surface area contributed by atoms with Gasteiger partial charge in [-0.15, -0.1) is 0 Å². The normalized spacial score (nSPS) is 12.1. The lowest BCUT2D eigenvalue weighted by molar-refractivity contribution is 0.0555. The molecule has 118 valence electrons. The van der Waals surface area contributed by atoms with Gasteiger partial charge in [0.25, 0.3) is 0 Å². The van der Waals surface area contributed by atoms with Crippen molar-refractivity contribution in [2.45, 2.75) is 0 Å². The van der Waals surface area contributed by atoms with Gasteiger partial charge >= 0.3 is 11.9 Å². The molecule has 0 amide bonds. The Morgan fingerprint density at radius 2 is 1.46 bits per heavy atom. The summed E-state index contributed by atoms with van der Waals surface area (Å²) in [7, 11) is 2.26. The van der Waals surface area contributed by atoms with E-state index >= 15 is 0 Å². The van der Waals surface area contributed by atoms with Crippen LogP contribution in [0.1, 0.15) is 36.6 Å². The van der Waals surface area contributed by atoms with Gasteiger partial charge in [0, 0.05) is 16.7 Å². The predicted octanol–water partition coefficient (Wildman–Crippen LogP) is 1.81. The number of hydrogen-bond donors (Lipinski definition) is 0. The molecule has 0 fully saturated rings. The van der Waals surface area contributed by atoms with E-state index in [0.717, 1.165) is 14.2 Å². The summed E-state index contributed by atoms with van der Waals surface area (Å²) in [6.45, 7) is 3.60. The molecule has 0 saturated heterocycles. The fourth-order valence-electron chi connectivity index (χ4n) is 2.41. The number of methoxy groups -OCH3 is 2. The molecule has 0 spiro atoms. The summed E-state index contributed by atoms with van der Waals surface area (Å²) in [5, 5.41) is 18.1. The van der Waals surface area contributed by atoms with Crippen LogP contribution in [0.15, 0.2) is 29.9 Å². The van der Waals surface area contributed by atoms with Crippen LogP contribution in [0.4, 0.5) is 0 Å². The van der Waals surface area contributed by atoms with Crippen molar-refractivity contribution < 1.29 is 23.9 Å². The summed E-state index contributed by atoms with van der Waals surface area (Å²) in [6, 6.07) is 5.80. The summed E-state index contributed by atoms with van der Waals surface area (Å²) < 4.78 is 9.25. The second kappa shape index (κ2) is 6.19. The van der Waals surface area contributed by atoms with Crippen molar-refractivity contribution in [3.63, 3.8) is 0 Å². The fraction of sp³-hybridized carbons (Fsp3) is 0.118. The van der Waals surface area contributed by atoms with Crippen LogP contribution in [0.3, 0.4) is 0 Å². The van der Waals surface area contributed by atoms with E-state index in [9.17, 15) is 14.4 Å². The highest BCUT2D eigenvalue weighted by Gasteiger charge is 2.34. The Hall–Kier alpha value is -3.71. The zero-order chi connectivity index (χ0) is 18.0. The number of ether oxygens (including phenoxy) is 2. The third-order valence-corrected chi connectivity index (χ3v) is 3.53. The quantitative estimate of drug-likeness (QED) is 0.463. The minimum absolute atomic E-state index is 0.0431. The van der Waals surface area contributed by atoms with Gasteiger partial charge in [-0.1, -0.05) is 6.58 Å². The molecule has 1 aliphatic rings. The molecule has 0 bridgehead atoms. The average molecular weight is 322 g/mol. The Labute approximate surface area is 137 Å². The first-order chi connectivity index (χ1) is 11.4. The Morgan fingerprint density at radius 3 is 1.88 bits per heavy atom. The van der Waals surface area contributed by atoms with E-state index in [-0.39, 0.29) is 39.0 Å². The topological polar surface area (TPSA) is 117 Å². The smallest absolute Gasteiger partial charge is 0.338 e. The fourth-order valence-corrected chi connectivity index (χ4v) is 2.41. The number of esters is 2. The van der Waals surface area contributed by atoms with Crippen molar-refractivity contribution in [3.8, 4) is 12.1 Å². The van der Waals surface area contributed by atoms with E-state index in [1.54, 1.807) is 12.1 Å². The van der Waals surface area contributed by atoms with Crippen molar-refractivity contribution in [1.82, 2.24) is 0 Å². The largest absolute Gasteiger partial charge is 0.465 e. The second-order valence-electron chi connectivity index (χ2n) is 4.71. The van der Waals surface area contributed by atoms with Gasteiger partial charge in [0.05, 0.1) is 25.3 Å². The molecule has 0 radical (unpaired) electrons. The molecule has 24 heavy (non-hydrogen) atoms. The minimum atomic E-state index is -0.824. The van der Waals surface area contributed by atoms with Crippen molar-refractivity contribution in [3.05, 3.63) is 52.1 Å². The Bertz CT molecular complexity index is 910. The van der Waals surface area contributed by atoms with E-state index in [0.29, 0.717) is 0 Å². The maximum absolute atomic E-state index is 12.3. The number of ketones is 1. The molecular weight excluding hydrogens is 312 g/mol. The number of carbonyl (C=O) groups excluding carboxylic acids is 3. The molecule has 7 nitrogen and oxygen atoms in total. The summed E-state index contributed by atoms with van der Waals surface area (Å²) in [6.07, 6.45) is 0. The maximum Gasteiger partial charge on any atom is 0.338 e. The summed E-state index contributed by atoms with van der Waals surface area (Å²) in [4.78, 5) is 36.2. The number of carbonyl (C=O) groups is 3. The van der Waals surface area contributed by atoms with Crippen molar-refractivity contribution in [2.75, 3.05) is 14.2 Å². The summed E-state index contributed by atoms with van der Waals surface area (Å²) in [5.74, 6) is -2.18. The van der Waals surface area contributed by atoms with Gasteiger partial charge in [-0.2, -0.15) is 10.5 Å². The molecule has 1 aliphatic carbocycles. The monoisotopic (exact) mass is 322 g/mol. The van der Waals surface area contributed by atoms with Gasteiger partial charge in [-0.25, -0.2) is 9.59 Å². The van der Waals surface area contributed by atoms with Gasteiger partial charge in [-0.05, 0) is 17.7 Å². The molecule has 0 N–H and O–H groups in total. The van der Waals surface area contributed by atoms with Crippen LogP contribution in [-0.2, 0) is 9.47 Å². The number of fused-ring (bicyclic) bond motifs is 1. The lowest BCUT2D eigenvalue weighted by Gasteiger charge is -2.09. The lowest BCUT2D eigenvalue weighted by atomic mass is 9.96. The third-order valence-electron chi connectivity index (χ3n) is 3.53. The number of nitrogens with zero attached hydrogens (tertiary/aromatic N) is 2. The number of allylic oxidation sites excluding steroid dienone is 3. The van der Waals surface area contributed by atoms with Crippen LogP contribution in [0.2, 0.25) is 0 Å². The first kappa shape index (κ1) is 16.7. The van der Waals surface area contributed by atoms with Crippen LogP contribution in [0, 0.1) is 22.7 Å². The second-order valence-corrected chi connectivity index (χ2v) is 4.71. The molecule has 1 aromatic rings. The van der Waals surface area contributed by atoms with E-state index in [4.69, 9.17) is 10.5 Å². The Balaban J connectivity index is 2.90. The molecule has 7 heteroatoms. The summed E-state index contributed by atoms with van der Waals surface area (Å²) >= 11 is 0. The van der Waals surface area contributed by atoms with Crippen LogP contribution >= 0.6 is 0 Å². The van der Waals surface area contributed by atoms with Crippen LogP contribution in [-0.4, -0.2) is 31.9 Å². The molecule has 0 heterocycles. The van der Waals surface area contributed by atoms with Crippen LogP contribution in [0.25, 0.3) is 5.57 Å². The first-order valence-corrected chi connectivity index (χ1v) is 6.54. The lowest BCUT2D eigenvalue weighted by Crippen LogP contribution is -2.13. The number of Topliss-reactive ketones (excluding diaryl/α,β-unsaturated/α-hetero) is 1. The summed E-state index contributed by atoms with van der Waals surface area (Å²) in [5.41, 5.74) is -0.377. The van der Waals surface area contributed by atoms with Crippen molar-refractivity contribution >= 4 is 23.3 Å². The number of nitriles is 2. The standard InChI is InChI=1S/C17H10N2O5/c1-8-14(9(6-18)7-19)10-4-12(16(21)23-2)13(17(22)24-3)5-11(10)15(8)20/h4-5H,1H2,2-3H3. The Kier molecular flexibility index (Phi) is 4.30. The van der Waals surface area contributed by atoms with Gasteiger partial charge < -0.3 is 9.47 Å². The number of hydrogen-bond acceptors (Lipinski definition) is 7. The van der Waals surface area contributed by atoms with Gasteiger partial charge in [0.2, 0.25) is 0 Å². The van der Waals surface area contributed by atoms with Crippen LogP contribution < -0.4 is 0 Å². The average Bonchev–Trinajstić information content (AvgIpc) is 2.85. The van der Waals surface area contributed by atoms with Gasteiger partial charge in [0.1, 0.15) is 17.7 Å². The zero-order valence-electron chi connectivity index (χ0n) is 12.8. The van der Waals surface area contributed by atoms with Gasteiger partial charge in [-0.3, -0.25) is 4.79 Å². The van der Waals surface area contributed by atoms with Crippen molar-refractivity contribution in [2.24, 2.45) is 0 Å². The molecule has 0 aliphatic heterocycles. The van der Waals surface area contributed by atoms with E-state index in [1.165, 1.54) is 12.1 Å². The highest BCUT2D eigenvalue weighted by molar-refractivity contribution is 6.28. The Morgan fingerprint density at radius 1 is 1.00 bits per heavy atom. The van der Waals surface area contributed by atoms with Crippen LogP contribution in [0.5, 0.6) is 0 Å². The van der Waals surface area contributed by atoms with E-state index < -0.39 is 17.7 Å².